The van der Waals surface area contributed by atoms with Crippen molar-refractivity contribution in [3.05, 3.63) is 94.5 Å². The van der Waals surface area contributed by atoms with Crippen LogP contribution in [0.3, 0.4) is 0 Å². The van der Waals surface area contributed by atoms with E-state index in [1.165, 1.54) is 19.2 Å². The van der Waals surface area contributed by atoms with Gasteiger partial charge in [-0.3, -0.25) is 4.79 Å². The third kappa shape index (κ3) is 5.82. The monoisotopic (exact) mass is 444 g/mol. The molecule has 0 saturated carbocycles. The number of methoxy groups -OCH3 is 1. The van der Waals surface area contributed by atoms with Crippen molar-refractivity contribution in [2.24, 2.45) is 0 Å². The van der Waals surface area contributed by atoms with Crippen LogP contribution in [0, 0.1) is 0 Å². The summed E-state index contributed by atoms with van der Waals surface area (Å²) in [4.78, 5) is 12.4. The molecule has 6 nitrogen and oxygen atoms in total. The van der Waals surface area contributed by atoms with E-state index in [4.69, 9.17) is 16.3 Å². The Labute approximate surface area is 180 Å². The zero-order valence-electron chi connectivity index (χ0n) is 16.3. The molecule has 3 rings (SSSR count). The van der Waals surface area contributed by atoms with Crippen molar-refractivity contribution in [2.45, 2.75) is 18.0 Å². The van der Waals surface area contributed by atoms with Crippen LogP contribution in [0.25, 0.3) is 0 Å². The quantitative estimate of drug-likeness (QED) is 0.554. The molecule has 8 heteroatoms. The van der Waals surface area contributed by atoms with E-state index in [2.05, 4.69) is 10.0 Å². The van der Waals surface area contributed by atoms with Gasteiger partial charge in [-0.2, -0.15) is 0 Å². The summed E-state index contributed by atoms with van der Waals surface area (Å²) in [6.07, 6.45) is 0. The molecule has 2 N–H and O–H groups in total. The lowest BCUT2D eigenvalue weighted by Gasteiger charge is -2.09. The van der Waals surface area contributed by atoms with Crippen molar-refractivity contribution >= 4 is 27.5 Å². The molecule has 3 aromatic carbocycles. The number of halogens is 1. The molecule has 0 heterocycles. The lowest BCUT2D eigenvalue weighted by Crippen LogP contribution is -2.24. The van der Waals surface area contributed by atoms with Crippen molar-refractivity contribution in [3.8, 4) is 5.75 Å². The second-order valence-electron chi connectivity index (χ2n) is 6.51. The number of nitrogens with one attached hydrogen (secondary N) is 2. The van der Waals surface area contributed by atoms with E-state index in [1.807, 2.05) is 12.1 Å². The standard InChI is InChI=1S/C22H21ClN2O4S/c1-29-20-10-12-21(13-11-20)30(27,28)25-15-17-2-6-18(7-3-17)22(26)24-14-16-4-8-19(23)9-5-16/h2-13,25H,14-15H2,1H3,(H,24,26). The van der Waals surface area contributed by atoms with Crippen LogP contribution >= 0.6 is 11.6 Å². The Hall–Kier alpha value is -2.87. The van der Waals surface area contributed by atoms with E-state index < -0.39 is 10.0 Å². The minimum atomic E-state index is -3.65. The minimum Gasteiger partial charge on any atom is -0.497 e. The fourth-order valence-electron chi connectivity index (χ4n) is 2.68. The normalized spacial score (nSPS) is 11.1. The van der Waals surface area contributed by atoms with E-state index in [0.717, 1.165) is 11.1 Å². The van der Waals surface area contributed by atoms with Crippen molar-refractivity contribution < 1.29 is 17.9 Å². The molecule has 0 unspecified atom stereocenters. The summed E-state index contributed by atoms with van der Waals surface area (Å²) in [5.41, 5.74) is 2.17. The van der Waals surface area contributed by atoms with E-state index in [0.29, 0.717) is 22.9 Å². The van der Waals surface area contributed by atoms with Crippen LogP contribution < -0.4 is 14.8 Å². The number of hydrogen-bond acceptors (Lipinski definition) is 4. The first-order valence-electron chi connectivity index (χ1n) is 9.13. The maximum Gasteiger partial charge on any atom is 0.251 e. The molecule has 0 aliphatic carbocycles. The molecule has 0 bridgehead atoms. The third-order valence-electron chi connectivity index (χ3n) is 4.42. The molecule has 0 aromatic heterocycles. The third-order valence-corrected chi connectivity index (χ3v) is 6.09. The molecule has 0 atom stereocenters. The van der Waals surface area contributed by atoms with Gasteiger partial charge in [0.05, 0.1) is 12.0 Å². The van der Waals surface area contributed by atoms with Gasteiger partial charge in [0.25, 0.3) is 5.91 Å². The summed E-state index contributed by atoms with van der Waals surface area (Å²) in [5.74, 6) is 0.370. The summed E-state index contributed by atoms with van der Waals surface area (Å²) in [6, 6.07) is 20.1. The van der Waals surface area contributed by atoms with Crippen LogP contribution in [0.5, 0.6) is 5.75 Å². The Morgan fingerprint density at radius 2 is 1.43 bits per heavy atom. The molecule has 0 fully saturated rings. The Bertz CT molecular complexity index is 1100. The molecule has 0 saturated heterocycles. The Kier molecular flexibility index (Phi) is 7.10. The predicted octanol–water partition coefficient (Wildman–Crippen LogP) is 3.76. The fourth-order valence-corrected chi connectivity index (χ4v) is 3.82. The highest BCUT2D eigenvalue weighted by Crippen LogP contribution is 2.16. The number of hydrogen-bond donors (Lipinski definition) is 2. The smallest absolute Gasteiger partial charge is 0.251 e. The first-order chi connectivity index (χ1) is 14.4. The summed E-state index contributed by atoms with van der Waals surface area (Å²) in [6.45, 7) is 0.500. The average Bonchev–Trinajstić information content (AvgIpc) is 2.77. The van der Waals surface area contributed by atoms with Crippen LogP contribution in [0.1, 0.15) is 21.5 Å². The number of rotatable bonds is 8. The largest absolute Gasteiger partial charge is 0.497 e. The second-order valence-corrected chi connectivity index (χ2v) is 8.71. The van der Waals surface area contributed by atoms with Gasteiger partial charge in [-0.15, -0.1) is 0 Å². The number of carbonyl (C=O) groups excluding carboxylic acids is 1. The highest BCUT2D eigenvalue weighted by atomic mass is 35.5. The van der Waals surface area contributed by atoms with Crippen LogP contribution in [-0.2, 0) is 23.1 Å². The molecule has 0 aliphatic heterocycles. The van der Waals surface area contributed by atoms with Crippen molar-refractivity contribution in [2.75, 3.05) is 7.11 Å². The molecule has 0 radical (unpaired) electrons. The fraction of sp³-hybridized carbons (Fsp3) is 0.136. The number of carbonyl (C=O) groups is 1. The van der Waals surface area contributed by atoms with Crippen molar-refractivity contribution in [1.29, 1.82) is 0 Å². The van der Waals surface area contributed by atoms with Gasteiger partial charge in [0.2, 0.25) is 10.0 Å². The molecule has 156 valence electrons. The van der Waals surface area contributed by atoms with Gasteiger partial charge in [-0.25, -0.2) is 13.1 Å². The second kappa shape index (κ2) is 9.75. The van der Waals surface area contributed by atoms with Crippen LogP contribution in [0.4, 0.5) is 0 Å². The van der Waals surface area contributed by atoms with Gasteiger partial charge in [-0.05, 0) is 59.7 Å². The molecular formula is C22H21ClN2O4S. The van der Waals surface area contributed by atoms with Crippen LogP contribution in [0.2, 0.25) is 5.02 Å². The number of ether oxygens (including phenoxy) is 1. The Morgan fingerprint density at radius 1 is 0.867 bits per heavy atom. The SMILES string of the molecule is COc1ccc(S(=O)(=O)NCc2ccc(C(=O)NCc3ccc(Cl)cc3)cc2)cc1. The molecule has 30 heavy (non-hydrogen) atoms. The first kappa shape index (κ1) is 21.8. The maximum atomic E-state index is 12.4. The van der Waals surface area contributed by atoms with E-state index >= 15 is 0 Å². The first-order valence-corrected chi connectivity index (χ1v) is 11.0. The highest BCUT2D eigenvalue weighted by molar-refractivity contribution is 7.89. The van der Waals surface area contributed by atoms with Crippen molar-refractivity contribution in [1.82, 2.24) is 10.0 Å². The van der Waals surface area contributed by atoms with Gasteiger partial charge in [0.15, 0.2) is 0 Å². The molecule has 3 aromatic rings. The summed E-state index contributed by atoms with van der Waals surface area (Å²) < 4.78 is 32.4. The number of benzene rings is 3. The van der Waals surface area contributed by atoms with Gasteiger partial charge in [0.1, 0.15) is 5.75 Å². The van der Waals surface area contributed by atoms with Crippen LogP contribution in [0.15, 0.2) is 77.7 Å². The van der Waals surface area contributed by atoms with E-state index in [1.54, 1.807) is 48.5 Å². The van der Waals surface area contributed by atoms with E-state index in [9.17, 15) is 13.2 Å². The molecule has 1 amide bonds. The minimum absolute atomic E-state index is 0.112. The molecule has 0 spiro atoms. The molecular weight excluding hydrogens is 424 g/mol. The predicted molar refractivity (Wildman–Crippen MR) is 116 cm³/mol. The summed E-state index contributed by atoms with van der Waals surface area (Å²) in [7, 11) is -2.13. The van der Waals surface area contributed by atoms with Gasteiger partial charge in [-0.1, -0.05) is 35.9 Å². The van der Waals surface area contributed by atoms with Crippen LogP contribution in [-0.4, -0.2) is 21.4 Å². The maximum absolute atomic E-state index is 12.4. The van der Waals surface area contributed by atoms with Gasteiger partial charge >= 0.3 is 0 Å². The van der Waals surface area contributed by atoms with E-state index in [-0.39, 0.29) is 17.3 Å². The molecule has 0 aliphatic rings. The van der Waals surface area contributed by atoms with Gasteiger partial charge in [0, 0.05) is 23.7 Å². The number of amides is 1. The lowest BCUT2D eigenvalue weighted by atomic mass is 10.1. The zero-order chi connectivity index (χ0) is 21.6. The lowest BCUT2D eigenvalue weighted by molar-refractivity contribution is 0.0951. The average molecular weight is 445 g/mol. The number of sulfonamides is 1. The highest BCUT2D eigenvalue weighted by Gasteiger charge is 2.14. The zero-order valence-corrected chi connectivity index (χ0v) is 17.8. The van der Waals surface area contributed by atoms with Crippen molar-refractivity contribution in [3.63, 3.8) is 0 Å². The topological polar surface area (TPSA) is 84.5 Å². The Balaban J connectivity index is 1.55. The summed E-state index contributed by atoms with van der Waals surface area (Å²) in [5, 5.41) is 3.48. The summed E-state index contributed by atoms with van der Waals surface area (Å²) >= 11 is 5.85. The Morgan fingerprint density at radius 3 is 2.03 bits per heavy atom. The van der Waals surface area contributed by atoms with Gasteiger partial charge < -0.3 is 10.1 Å².